The van der Waals surface area contributed by atoms with Crippen LogP contribution in [0.1, 0.15) is 36.1 Å². The van der Waals surface area contributed by atoms with E-state index in [0.29, 0.717) is 11.1 Å². The number of amides is 2. The molecule has 4 aromatic carbocycles. The van der Waals surface area contributed by atoms with Gasteiger partial charge in [-0.25, -0.2) is 18.4 Å². The summed E-state index contributed by atoms with van der Waals surface area (Å²) in [4.78, 5) is 95.8. The quantitative estimate of drug-likeness (QED) is 0.0754. The van der Waals surface area contributed by atoms with Crippen molar-refractivity contribution >= 4 is 41.1 Å². The molecule has 58 heavy (non-hydrogen) atoms. The van der Waals surface area contributed by atoms with Crippen molar-refractivity contribution in [1.29, 1.82) is 0 Å². The maximum Gasteiger partial charge on any atom is 0.360 e. The molecule has 0 saturated heterocycles. The average Bonchev–Trinajstić information content (AvgIpc) is 3.24. The molecule has 2 unspecified atom stereocenters. The fraction of sp³-hybridized carbons (Fsp3) is 0.279. The van der Waals surface area contributed by atoms with Gasteiger partial charge in [-0.05, 0) is 48.9 Å². The summed E-state index contributed by atoms with van der Waals surface area (Å²) in [6.45, 7) is 0.278. The molecule has 0 bridgehead atoms. The van der Waals surface area contributed by atoms with Gasteiger partial charge in [-0.2, -0.15) is 0 Å². The second-order valence-electron chi connectivity index (χ2n) is 13.6. The summed E-state index contributed by atoms with van der Waals surface area (Å²) >= 11 is 0. The number of nitrogens with one attached hydrogen (secondary N) is 2. The number of halogens is 2. The minimum Gasteiger partial charge on any atom is -0.458 e. The highest BCUT2D eigenvalue weighted by atomic mass is 19.2. The van der Waals surface area contributed by atoms with Crippen molar-refractivity contribution in [2.45, 2.75) is 75.4 Å². The first kappa shape index (κ1) is 44.3. The number of carbonyl (C=O) groups excluding carboxylic acids is 7. The lowest BCUT2D eigenvalue weighted by atomic mass is 9.79. The summed E-state index contributed by atoms with van der Waals surface area (Å²) in [5, 5.41) is 4.24. The first-order valence-corrected chi connectivity index (χ1v) is 18.2. The summed E-state index contributed by atoms with van der Waals surface area (Å²) in [7, 11) is 0. The van der Waals surface area contributed by atoms with Crippen LogP contribution in [-0.2, 0) is 69.1 Å². The Morgan fingerprint density at radius 1 is 0.517 bits per heavy atom. The lowest BCUT2D eigenvalue weighted by molar-refractivity contribution is -0.179. The van der Waals surface area contributed by atoms with E-state index in [0.717, 1.165) is 13.8 Å². The van der Waals surface area contributed by atoms with Crippen LogP contribution in [0.5, 0.6) is 0 Å². The van der Waals surface area contributed by atoms with E-state index >= 15 is 8.78 Å². The number of hydrogen-bond acceptors (Lipinski definition) is 11. The lowest BCUT2D eigenvalue weighted by Crippen LogP contribution is -2.68. The van der Waals surface area contributed by atoms with Gasteiger partial charge >= 0.3 is 23.3 Å². The molecule has 0 aliphatic heterocycles. The number of Topliss-reactive ketones (excluding diaryl/α,β-unsaturated/α-hetero) is 3. The van der Waals surface area contributed by atoms with Gasteiger partial charge in [0.05, 0.1) is 24.2 Å². The van der Waals surface area contributed by atoms with Crippen LogP contribution in [0.25, 0.3) is 0 Å². The second-order valence-corrected chi connectivity index (χ2v) is 13.6. The van der Waals surface area contributed by atoms with Crippen molar-refractivity contribution in [3.05, 3.63) is 144 Å². The summed E-state index contributed by atoms with van der Waals surface area (Å²) in [5.74, 6) is -13.7. The molecule has 0 fully saturated rings. The number of ether oxygens (including phenoxy) is 2. The largest absolute Gasteiger partial charge is 0.458 e. The molecule has 4 rings (SSSR count). The summed E-state index contributed by atoms with van der Waals surface area (Å²) in [6.07, 6.45) is -0.0826. The van der Waals surface area contributed by atoms with Gasteiger partial charge in [-0.15, -0.1) is 0 Å². The molecule has 0 heterocycles. The van der Waals surface area contributed by atoms with Crippen LogP contribution in [-0.4, -0.2) is 76.6 Å². The molecule has 304 valence electrons. The van der Waals surface area contributed by atoms with E-state index in [1.807, 2.05) is 0 Å². The molecule has 0 radical (unpaired) electrons. The molecule has 13 nitrogen and oxygen atoms in total. The number of nitrogens with two attached hydrogens (primary N) is 2. The average molecular weight is 799 g/mol. The van der Waals surface area contributed by atoms with Crippen LogP contribution in [0.4, 0.5) is 8.78 Å². The van der Waals surface area contributed by atoms with Gasteiger partial charge in [0.2, 0.25) is 29.2 Å². The predicted molar refractivity (Wildman–Crippen MR) is 207 cm³/mol. The minimum absolute atomic E-state index is 0.0413. The number of carbonyl (C=O) groups is 7. The minimum atomic E-state index is -4.77. The smallest absolute Gasteiger partial charge is 0.360 e. The van der Waals surface area contributed by atoms with E-state index in [1.165, 1.54) is 48.5 Å². The number of benzene rings is 4. The predicted octanol–water partition coefficient (Wildman–Crippen LogP) is 2.75. The van der Waals surface area contributed by atoms with Crippen LogP contribution < -0.4 is 22.1 Å². The molecule has 6 atom stereocenters. The van der Waals surface area contributed by atoms with Gasteiger partial charge in [0, 0.05) is 0 Å². The third-order valence-corrected chi connectivity index (χ3v) is 9.07. The van der Waals surface area contributed by atoms with Crippen LogP contribution in [0.15, 0.2) is 121 Å². The van der Waals surface area contributed by atoms with Crippen LogP contribution >= 0.6 is 0 Å². The van der Waals surface area contributed by atoms with Crippen molar-refractivity contribution in [2.75, 3.05) is 0 Å². The number of esters is 2. The molecule has 0 aliphatic rings. The van der Waals surface area contributed by atoms with Crippen molar-refractivity contribution < 1.29 is 51.8 Å². The summed E-state index contributed by atoms with van der Waals surface area (Å²) in [6, 6.07) is 25.2. The van der Waals surface area contributed by atoms with E-state index in [1.54, 1.807) is 72.8 Å². The molecule has 15 heteroatoms. The Labute approximate surface area is 333 Å². The zero-order chi connectivity index (χ0) is 42.5. The Morgan fingerprint density at radius 3 is 1.09 bits per heavy atom. The highest BCUT2D eigenvalue weighted by Gasteiger charge is 2.70. The Bertz CT molecular complexity index is 1930. The van der Waals surface area contributed by atoms with Crippen LogP contribution in [0.2, 0.25) is 0 Å². The van der Waals surface area contributed by atoms with E-state index in [2.05, 4.69) is 10.6 Å². The fourth-order valence-corrected chi connectivity index (χ4v) is 5.78. The fourth-order valence-electron chi connectivity index (χ4n) is 5.78. The van der Waals surface area contributed by atoms with E-state index in [9.17, 15) is 33.6 Å². The van der Waals surface area contributed by atoms with E-state index in [4.69, 9.17) is 20.9 Å². The van der Waals surface area contributed by atoms with E-state index < -0.39 is 89.8 Å². The first-order chi connectivity index (χ1) is 27.6. The van der Waals surface area contributed by atoms with E-state index in [-0.39, 0.29) is 24.0 Å². The zero-order valence-corrected chi connectivity index (χ0v) is 31.8. The van der Waals surface area contributed by atoms with Gasteiger partial charge in [0.1, 0.15) is 13.2 Å². The van der Waals surface area contributed by atoms with Crippen molar-refractivity contribution in [1.82, 2.24) is 10.6 Å². The standard InChI is InChI=1S/C43H44F2N4O9/c1-27(48-37(52)33(46)23-29-15-7-3-8-16-29)35(50)42(44,40(55)57-25-31-19-11-5-12-20-31)39(54)43(45,41(56)58-26-32-21-13-6-14-22-32)36(51)28(2)49-38(53)34(47)24-30-17-9-4-10-18-30/h3-22,27-28,33-34H,23-26,46-47H2,1-2H3,(H,48,52)(H,49,53)/t27-,28-,33-,34-,42?,43?/m0/s1. The van der Waals surface area contributed by atoms with Gasteiger partial charge in [0.25, 0.3) is 0 Å². The van der Waals surface area contributed by atoms with Crippen molar-refractivity contribution in [3.8, 4) is 0 Å². The lowest BCUT2D eigenvalue weighted by Gasteiger charge is -2.31. The maximum absolute atomic E-state index is 17.5. The van der Waals surface area contributed by atoms with Gasteiger partial charge in [0.15, 0.2) is 0 Å². The monoisotopic (exact) mass is 798 g/mol. The van der Waals surface area contributed by atoms with Gasteiger partial charge in [-0.1, -0.05) is 121 Å². The second kappa shape index (κ2) is 20.1. The molecule has 4 aromatic rings. The maximum atomic E-state index is 17.5. The number of alkyl halides is 2. The Morgan fingerprint density at radius 2 is 0.793 bits per heavy atom. The Balaban J connectivity index is 1.70. The number of hydrogen-bond donors (Lipinski definition) is 4. The van der Waals surface area contributed by atoms with Crippen LogP contribution in [0, 0.1) is 0 Å². The van der Waals surface area contributed by atoms with Crippen LogP contribution in [0.3, 0.4) is 0 Å². The third kappa shape index (κ3) is 10.9. The molecular weight excluding hydrogens is 754 g/mol. The topological polar surface area (TPSA) is 214 Å². The molecule has 0 spiro atoms. The molecule has 0 aliphatic carbocycles. The Kier molecular flexibility index (Phi) is 15.4. The summed E-state index contributed by atoms with van der Waals surface area (Å²) in [5.41, 5.74) is 4.25. The highest BCUT2D eigenvalue weighted by Crippen LogP contribution is 2.32. The third-order valence-electron chi connectivity index (χ3n) is 9.07. The highest BCUT2D eigenvalue weighted by molar-refractivity contribution is 6.40. The number of ketones is 3. The number of rotatable bonds is 20. The Hall–Kier alpha value is -6.45. The molecule has 0 aromatic heterocycles. The normalized spacial score (nSPS) is 15.1. The first-order valence-electron chi connectivity index (χ1n) is 18.2. The van der Waals surface area contributed by atoms with Gasteiger partial charge in [-0.3, -0.25) is 24.0 Å². The molecule has 0 saturated carbocycles. The summed E-state index contributed by atoms with van der Waals surface area (Å²) < 4.78 is 45.1. The molecule has 2 amide bonds. The zero-order valence-electron chi connectivity index (χ0n) is 31.8. The molecular formula is C43H44F2N4O9. The van der Waals surface area contributed by atoms with Gasteiger partial charge < -0.3 is 31.6 Å². The van der Waals surface area contributed by atoms with Crippen molar-refractivity contribution in [3.63, 3.8) is 0 Å². The SMILES string of the molecule is C[C@H](NC(=O)[C@@H](N)Cc1ccccc1)C(=O)C(F)(C(=O)OCc1ccccc1)C(=O)C(F)(C(=O)OCc1ccccc1)C(=O)[C@H](C)NC(=O)[C@@H](N)Cc1ccccc1. The van der Waals surface area contributed by atoms with Crippen molar-refractivity contribution in [2.24, 2.45) is 11.5 Å². The molecule has 6 N–H and O–H groups in total.